The van der Waals surface area contributed by atoms with Gasteiger partial charge >= 0.3 is 6.03 Å². The third-order valence-electron chi connectivity index (χ3n) is 4.78. The average Bonchev–Trinajstić information content (AvgIpc) is 3.12. The van der Waals surface area contributed by atoms with Gasteiger partial charge in [-0.05, 0) is 19.3 Å². The van der Waals surface area contributed by atoms with Crippen molar-refractivity contribution in [1.29, 1.82) is 0 Å². The Bertz CT molecular complexity index is 516. The number of urea groups is 1. The van der Waals surface area contributed by atoms with Gasteiger partial charge in [0.2, 0.25) is 0 Å². The minimum atomic E-state index is -0.147. The van der Waals surface area contributed by atoms with Crippen LogP contribution in [0.4, 0.5) is 4.79 Å². The van der Waals surface area contributed by atoms with Crippen molar-refractivity contribution in [3.05, 3.63) is 11.6 Å². The molecular weight excluding hydrogens is 282 g/mol. The second-order valence-corrected chi connectivity index (χ2v) is 6.27. The third-order valence-corrected chi connectivity index (χ3v) is 4.78. The van der Waals surface area contributed by atoms with E-state index in [2.05, 4.69) is 25.4 Å². The highest BCUT2D eigenvalue weighted by Crippen LogP contribution is 2.23. The molecule has 22 heavy (non-hydrogen) atoms. The van der Waals surface area contributed by atoms with E-state index in [1.807, 2.05) is 0 Å². The molecule has 3 rings (SSSR count). The Kier molecular flexibility index (Phi) is 4.92. The molecule has 1 saturated carbocycles. The van der Waals surface area contributed by atoms with Gasteiger partial charge < -0.3 is 20.3 Å². The number of hydrogen-bond acceptors (Lipinski definition) is 4. The molecule has 1 fully saturated rings. The van der Waals surface area contributed by atoms with Gasteiger partial charge in [0.05, 0.1) is 0 Å². The number of nitrogens with one attached hydrogen (secondary N) is 2. The molecule has 0 radical (unpaired) electrons. The molecule has 0 spiro atoms. The van der Waals surface area contributed by atoms with Crippen LogP contribution in [0.1, 0.15) is 43.8 Å². The van der Waals surface area contributed by atoms with E-state index in [0.29, 0.717) is 13.0 Å². The Labute approximate surface area is 130 Å². The molecule has 2 amide bonds. The van der Waals surface area contributed by atoms with Crippen molar-refractivity contribution in [1.82, 2.24) is 25.4 Å². The SMILES string of the molecule is O=C(NCCc1nnc2n1CCC2)NC1CCCCC1CO. The maximum Gasteiger partial charge on any atom is 0.315 e. The van der Waals surface area contributed by atoms with Crippen LogP contribution in [0.5, 0.6) is 0 Å². The summed E-state index contributed by atoms with van der Waals surface area (Å²) in [7, 11) is 0. The summed E-state index contributed by atoms with van der Waals surface area (Å²) in [6.45, 7) is 1.70. The number of rotatable bonds is 5. The normalized spacial score (nSPS) is 24.0. The number of carbonyl (C=O) groups excluding carboxylic acids is 1. The molecule has 3 N–H and O–H groups in total. The molecule has 2 aliphatic rings. The summed E-state index contributed by atoms with van der Waals surface area (Å²) in [6, 6.07) is -0.0531. The highest BCUT2D eigenvalue weighted by atomic mass is 16.3. The Hall–Kier alpha value is -1.63. The lowest BCUT2D eigenvalue weighted by atomic mass is 9.85. The summed E-state index contributed by atoms with van der Waals surface area (Å²) in [4.78, 5) is 12.0. The van der Waals surface area contributed by atoms with Gasteiger partial charge in [0.15, 0.2) is 0 Å². The number of hydrogen-bond donors (Lipinski definition) is 3. The molecule has 2 atom stereocenters. The Balaban J connectivity index is 1.42. The fourth-order valence-electron chi connectivity index (χ4n) is 3.52. The first-order valence-electron chi connectivity index (χ1n) is 8.34. The second kappa shape index (κ2) is 7.09. The Morgan fingerprint density at radius 1 is 1.27 bits per heavy atom. The van der Waals surface area contributed by atoms with Gasteiger partial charge in [0.1, 0.15) is 11.6 Å². The van der Waals surface area contributed by atoms with E-state index in [9.17, 15) is 9.90 Å². The topological polar surface area (TPSA) is 92.1 Å². The molecule has 2 unspecified atom stereocenters. The molecule has 7 nitrogen and oxygen atoms in total. The van der Waals surface area contributed by atoms with Crippen molar-refractivity contribution in [2.45, 2.75) is 57.5 Å². The van der Waals surface area contributed by atoms with Crippen LogP contribution < -0.4 is 10.6 Å². The van der Waals surface area contributed by atoms with Gasteiger partial charge in [0.25, 0.3) is 0 Å². The van der Waals surface area contributed by atoms with E-state index in [4.69, 9.17) is 0 Å². The first kappa shape index (κ1) is 15.3. The molecule has 0 saturated heterocycles. The number of aromatic nitrogens is 3. The monoisotopic (exact) mass is 307 g/mol. The lowest BCUT2D eigenvalue weighted by Gasteiger charge is -2.30. The zero-order valence-electron chi connectivity index (χ0n) is 12.9. The van der Waals surface area contributed by atoms with Gasteiger partial charge in [-0.15, -0.1) is 10.2 Å². The number of amides is 2. The minimum Gasteiger partial charge on any atom is -0.396 e. The maximum absolute atomic E-state index is 12.0. The van der Waals surface area contributed by atoms with Crippen LogP contribution in [0.25, 0.3) is 0 Å². The number of aliphatic hydroxyl groups is 1. The van der Waals surface area contributed by atoms with E-state index in [1.54, 1.807) is 0 Å². The van der Waals surface area contributed by atoms with Crippen LogP contribution in [0.15, 0.2) is 0 Å². The summed E-state index contributed by atoms with van der Waals surface area (Å²) in [5, 5.41) is 23.6. The fraction of sp³-hybridized carbons (Fsp3) is 0.800. The summed E-state index contributed by atoms with van der Waals surface area (Å²) in [6.07, 6.45) is 7.05. The largest absolute Gasteiger partial charge is 0.396 e. The number of aliphatic hydroxyl groups excluding tert-OH is 1. The van der Waals surface area contributed by atoms with E-state index >= 15 is 0 Å². The lowest BCUT2D eigenvalue weighted by Crippen LogP contribution is -2.48. The number of carbonyl (C=O) groups is 1. The molecule has 1 aliphatic heterocycles. The first-order chi connectivity index (χ1) is 10.8. The molecule has 122 valence electrons. The Morgan fingerprint density at radius 3 is 3.00 bits per heavy atom. The van der Waals surface area contributed by atoms with Crippen LogP contribution in [-0.2, 0) is 19.4 Å². The molecule has 1 aromatic rings. The average molecular weight is 307 g/mol. The van der Waals surface area contributed by atoms with E-state index in [1.165, 1.54) is 0 Å². The number of nitrogens with zero attached hydrogens (tertiary/aromatic N) is 3. The van der Waals surface area contributed by atoms with Crippen molar-refractivity contribution < 1.29 is 9.90 Å². The second-order valence-electron chi connectivity index (χ2n) is 6.27. The smallest absolute Gasteiger partial charge is 0.315 e. The van der Waals surface area contributed by atoms with Crippen LogP contribution in [0.2, 0.25) is 0 Å². The van der Waals surface area contributed by atoms with Crippen LogP contribution >= 0.6 is 0 Å². The molecule has 7 heteroatoms. The van der Waals surface area contributed by atoms with E-state index in [-0.39, 0.29) is 24.6 Å². The van der Waals surface area contributed by atoms with Crippen LogP contribution in [0, 0.1) is 5.92 Å². The third kappa shape index (κ3) is 3.40. The summed E-state index contributed by atoms with van der Waals surface area (Å²) in [5.74, 6) is 2.21. The van der Waals surface area contributed by atoms with E-state index < -0.39 is 0 Å². The van der Waals surface area contributed by atoms with Crippen LogP contribution in [-0.4, -0.2) is 45.1 Å². The molecular formula is C15H25N5O2. The lowest BCUT2D eigenvalue weighted by molar-refractivity contribution is 0.154. The standard InChI is InChI=1S/C15H25N5O2/c21-10-11-4-1-2-5-12(11)17-15(22)16-8-7-14-19-18-13-6-3-9-20(13)14/h11-12,21H,1-10H2,(H2,16,17,22). The summed E-state index contributed by atoms with van der Waals surface area (Å²) < 4.78 is 2.16. The van der Waals surface area contributed by atoms with Gasteiger partial charge in [0, 0.05) is 44.5 Å². The van der Waals surface area contributed by atoms with E-state index in [0.717, 1.165) is 56.7 Å². The summed E-state index contributed by atoms with van der Waals surface area (Å²) >= 11 is 0. The Morgan fingerprint density at radius 2 is 2.14 bits per heavy atom. The molecule has 1 aliphatic carbocycles. The number of aryl methyl sites for hydroxylation is 1. The fourth-order valence-corrected chi connectivity index (χ4v) is 3.52. The van der Waals surface area contributed by atoms with Gasteiger partial charge in [-0.1, -0.05) is 12.8 Å². The molecule has 0 aromatic carbocycles. The van der Waals surface area contributed by atoms with Crippen molar-refractivity contribution in [3.63, 3.8) is 0 Å². The van der Waals surface area contributed by atoms with Crippen molar-refractivity contribution >= 4 is 6.03 Å². The van der Waals surface area contributed by atoms with Crippen molar-refractivity contribution in [2.75, 3.05) is 13.2 Å². The maximum atomic E-state index is 12.0. The highest BCUT2D eigenvalue weighted by molar-refractivity contribution is 5.74. The first-order valence-corrected chi connectivity index (χ1v) is 8.34. The zero-order valence-corrected chi connectivity index (χ0v) is 12.9. The molecule has 2 heterocycles. The van der Waals surface area contributed by atoms with Gasteiger partial charge in [-0.25, -0.2) is 4.79 Å². The minimum absolute atomic E-state index is 0.0936. The quantitative estimate of drug-likeness (QED) is 0.743. The van der Waals surface area contributed by atoms with Gasteiger partial charge in [-0.2, -0.15) is 0 Å². The molecule has 1 aromatic heterocycles. The van der Waals surface area contributed by atoms with Crippen molar-refractivity contribution in [2.24, 2.45) is 5.92 Å². The van der Waals surface area contributed by atoms with Crippen LogP contribution in [0.3, 0.4) is 0 Å². The predicted octanol–water partition coefficient (Wildman–Crippen LogP) is 0.617. The number of fused-ring (bicyclic) bond motifs is 1. The summed E-state index contributed by atoms with van der Waals surface area (Å²) in [5.41, 5.74) is 0. The molecule has 0 bridgehead atoms. The predicted molar refractivity (Wildman–Crippen MR) is 81.4 cm³/mol. The van der Waals surface area contributed by atoms with Crippen molar-refractivity contribution in [3.8, 4) is 0 Å². The highest BCUT2D eigenvalue weighted by Gasteiger charge is 2.25. The zero-order chi connectivity index (χ0) is 15.4. The van der Waals surface area contributed by atoms with Gasteiger partial charge in [-0.3, -0.25) is 0 Å².